The third-order valence-corrected chi connectivity index (χ3v) is 4.96. The van der Waals surface area contributed by atoms with Crippen LogP contribution in [0.5, 0.6) is 17.4 Å². The number of ether oxygens (including phenoxy) is 3. The Morgan fingerprint density at radius 3 is 2.81 bits per heavy atom. The second kappa shape index (κ2) is 11.9. The SMILES string of the molecule is COCc1cc(C)n(CC(=O)NN=Cc2ccc(Oc3nc(Cl)ncc3F)c(OC)c2)c(=O)c1C#N. The first-order chi connectivity index (χ1) is 17.3. The first kappa shape index (κ1) is 26.3. The van der Waals surface area contributed by atoms with Gasteiger partial charge in [-0.15, -0.1) is 0 Å². The normalized spacial score (nSPS) is 10.8. The predicted octanol–water partition coefficient (Wildman–Crippen LogP) is 2.71. The molecule has 0 fully saturated rings. The van der Waals surface area contributed by atoms with Crippen molar-refractivity contribution in [2.45, 2.75) is 20.1 Å². The highest BCUT2D eigenvalue weighted by atomic mass is 35.5. The standard InChI is InChI=1S/C23H20ClFN6O5/c1-13-6-15(12-34-2)16(8-26)22(33)31(13)11-20(32)30-28-9-14-4-5-18(19(7-14)35-3)36-21-17(25)10-27-23(24)29-21/h4-7,9-10H,11-12H2,1-3H3,(H,30,32). The average Bonchev–Trinajstić information content (AvgIpc) is 2.85. The Kier molecular flexibility index (Phi) is 8.66. The van der Waals surface area contributed by atoms with Crippen LogP contribution in [0.4, 0.5) is 4.39 Å². The second-order valence-electron chi connectivity index (χ2n) is 7.22. The Labute approximate surface area is 209 Å². The number of carbonyl (C=O) groups excluding carboxylic acids is 1. The minimum absolute atomic E-state index is 0.0859. The summed E-state index contributed by atoms with van der Waals surface area (Å²) in [4.78, 5) is 32.2. The molecule has 1 aromatic carbocycles. The number of amides is 1. The van der Waals surface area contributed by atoms with Gasteiger partial charge in [0.2, 0.25) is 11.1 Å². The van der Waals surface area contributed by atoms with Crippen molar-refractivity contribution in [1.29, 1.82) is 5.26 Å². The van der Waals surface area contributed by atoms with E-state index in [1.54, 1.807) is 19.1 Å². The number of nitriles is 1. The lowest BCUT2D eigenvalue weighted by molar-refractivity contribution is -0.121. The van der Waals surface area contributed by atoms with E-state index in [0.29, 0.717) is 16.8 Å². The van der Waals surface area contributed by atoms with Crippen molar-refractivity contribution in [2.75, 3.05) is 14.2 Å². The van der Waals surface area contributed by atoms with Gasteiger partial charge in [0.1, 0.15) is 18.2 Å². The van der Waals surface area contributed by atoms with Gasteiger partial charge in [0.15, 0.2) is 11.5 Å². The van der Waals surface area contributed by atoms with E-state index < -0.39 is 17.3 Å². The van der Waals surface area contributed by atoms with Crippen LogP contribution >= 0.6 is 11.6 Å². The molecule has 0 aliphatic heterocycles. The second-order valence-corrected chi connectivity index (χ2v) is 7.56. The molecule has 0 radical (unpaired) electrons. The Balaban J connectivity index is 1.71. The molecular formula is C23H20ClFN6O5. The largest absolute Gasteiger partial charge is 0.493 e. The van der Waals surface area contributed by atoms with Crippen molar-refractivity contribution in [3.05, 3.63) is 74.3 Å². The van der Waals surface area contributed by atoms with Crippen LogP contribution in [0, 0.1) is 24.1 Å². The lowest BCUT2D eigenvalue weighted by Crippen LogP contribution is -2.33. The molecule has 2 heterocycles. The van der Waals surface area contributed by atoms with Crippen molar-refractivity contribution in [2.24, 2.45) is 5.10 Å². The van der Waals surface area contributed by atoms with E-state index in [1.807, 2.05) is 6.07 Å². The van der Waals surface area contributed by atoms with Gasteiger partial charge in [-0.25, -0.2) is 10.4 Å². The number of hydrazone groups is 1. The van der Waals surface area contributed by atoms with E-state index in [2.05, 4.69) is 20.5 Å². The van der Waals surface area contributed by atoms with Gasteiger partial charge in [-0.1, -0.05) is 0 Å². The van der Waals surface area contributed by atoms with Gasteiger partial charge in [-0.05, 0) is 48.4 Å². The third-order valence-electron chi connectivity index (χ3n) is 4.78. The monoisotopic (exact) mass is 514 g/mol. The number of aryl methyl sites for hydroxylation is 1. The number of halogens is 2. The van der Waals surface area contributed by atoms with E-state index in [-0.39, 0.29) is 41.4 Å². The minimum atomic E-state index is -0.806. The number of hydrogen-bond acceptors (Lipinski definition) is 9. The van der Waals surface area contributed by atoms with Crippen LogP contribution in [-0.4, -0.2) is 40.9 Å². The molecule has 0 unspecified atom stereocenters. The zero-order valence-corrected chi connectivity index (χ0v) is 20.2. The average molecular weight is 515 g/mol. The molecule has 1 N–H and O–H groups in total. The van der Waals surface area contributed by atoms with Crippen LogP contribution in [0.3, 0.4) is 0 Å². The number of hydrogen-bond donors (Lipinski definition) is 1. The summed E-state index contributed by atoms with van der Waals surface area (Å²) < 4.78 is 30.7. The molecule has 36 heavy (non-hydrogen) atoms. The van der Waals surface area contributed by atoms with Crippen molar-refractivity contribution in [1.82, 2.24) is 20.0 Å². The number of methoxy groups -OCH3 is 2. The Morgan fingerprint density at radius 2 is 2.11 bits per heavy atom. The molecular weight excluding hydrogens is 495 g/mol. The summed E-state index contributed by atoms with van der Waals surface area (Å²) in [5.41, 5.74) is 3.11. The fourth-order valence-corrected chi connectivity index (χ4v) is 3.26. The highest BCUT2D eigenvalue weighted by molar-refractivity contribution is 6.28. The van der Waals surface area contributed by atoms with E-state index in [1.165, 1.54) is 37.1 Å². The molecule has 2 aromatic heterocycles. The summed E-state index contributed by atoms with van der Waals surface area (Å²) in [6.07, 6.45) is 2.22. The lowest BCUT2D eigenvalue weighted by atomic mass is 10.1. The number of rotatable bonds is 9. The summed E-state index contributed by atoms with van der Waals surface area (Å²) >= 11 is 5.68. The molecule has 0 spiro atoms. The summed E-state index contributed by atoms with van der Waals surface area (Å²) in [7, 11) is 2.85. The van der Waals surface area contributed by atoms with Gasteiger partial charge in [0.25, 0.3) is 17.3 Å². The van der Waals surface area contributed by atoms with Crippen molar-refractivity contribution < 1.29 is 23.4 Å². The first-order valence-electron chi connectivity index (χ1n) is 10.3. The summed E-state index contributed by atoms with van der Waals surface area (Å²) in [5, 5.41) is 13.0. The smallest absolute Gasteiger partial charge is 0.269 e. The molecule has 0 saturated carbocycles. The maximum absolute atomic E-state index is 13.9. The van der Waals surface area contributed by atoms with Crippen molar-refractivity contribution in [3.8, 4) is 23.4 Å². The molecule has 0 aliphatic carbocycles. The Bertz CT molecular complexity index is 1420. The Hall–Kier alpha value is -4.34. The zero-order chi connectivity index (χ0) is 26.2. The molecule has 13 heteroatoms. The Morgan fingerprint density at radius 1 is 1.33 bits per heavy atom. The van der Waals surface area contributed by atoms with Crippen LogP contribution in [0.1, 0.15) is 22.4 Å². The maximum atomic E-state index is 13.9. The molecule has 11 nitrogen and oxygen atoms in total. The molecule has 3 aromatic rings. The topological polar surface area (TPSA) is 141 Å². The number of benzene rings is 1. The fraction of sp³-hybridized carbons (Fsp3) is 0.217. The molecule has 0 aliphatic rings. The molecule has 1 amide bonds. The summed E-state index contributed by atoms with van der Waals surface area (Å²) in [6, 6.07) is 8.09. The van der Waals surface area contributed by atoms with Crippen molar-refractivity contribution in [3.63, 3.8) is 0 Å². The number of carbonyl (C=O) groups is 1. The summed E-state index contributed by atoms with van der Waals surface area (Å²) in [6.45, 7) is 1.41. The number of nitrogens with zero attached hydrogens (tertiary/aromatic N) is 5. The predicted molar refractivity (Wildman–Crippen MR) is 127 cm³/mol. The van der Waals surface area contributed by atoms with Gasteiger partial charge < -0.3 is 18.8 Å². The van der Waals surface area contributed by atoms with Crippen LogP contribution in [0.2, 0.25) is 5.28 Å². The van der Waals surface area contributed by atoms with E-state index in [4.69, 9.17) is 25.8 Å². The lowest BCUT2D eigenvalue weighted by Gasteiger charge is -2.12. The van der Waals surface area contributed by atoms with Gasteiger partial charge in [0.05, 0.1) is 26.1 Å². The number of nitrogens with one attached hydrogen (secondary N) is 1. The minimum Gasteiger partial charge on any atom is -0.493 e. The molecule has 3 rings (SSSR count). The van der Waals surface area contributed by atoms with Gasteiger partial charge >= 0.3 is 0 Å². The van der Waals surface area contributed by atoms with Crippen LogP contribution < -0.4 is 20.5 Å². The van der Waals surface area contributed by atoms with Gasteiger partial charge in [-0.3, -0.25) is 9.59 Å². The molecule has 186 valence electrons. The van der Waals surface area contributed by atoms with Crippen molar-refractivity contribution >= 4 is 23.7 Å². The number of pyridine rings is 1. The molecule has 0 atom stereocenters. The molecule has 0 saturated heterocycles. The molecule has 0 bridgehead atoms. The highest BCUT2D eigenvalue weighted by Gasteiger charge is 2.15. The van der Waals surface area contributed by atoms with Gasteiger partial charge in [-0.2, -0.15) is 19.7 Å². The highest BCUT2D eigenvalue weighted by Crippen LogP contribution is 2.32. The fourth-order valence-electron chi connectivity index (χ4n) is 3.13. The first-order valence-corrected chi connectivity index (χ1v) is 10.6. The van der Waals surface area contributed by atoms with Gasteiger partial charge in [0, 0.05) is 18.4 Å². The number of aromatic nitrogens is 3. The van der Waals surface area contributed by atoms with E-state index >= 15 is 0 Å². The zero-order valence-electron chi connectivity index (χ0n) is 19.4. The van der Waals surface area contributed by atoms with E-state index in [9.17, 15) is 19.2 Å². The van der Waals surface area contributed by atoms with Crippen LogP contribution in [0.15, 0.2) is 40.4 Å². The van der Waals surface area contributed by atoms with Crippen LogP contribution in [-0.2, 0) is 22.7 Å². The third kappa shape index (κ3) is 6.21. The van der Waals surface area contributed by atoms with E-state index in [0.717, 1.165) is 6.20 Å². The maximum Gasteiger partial charge on any atom is 0.269 e. The summed E-state index contributed by atoms with van der Waals surface area (Å²) in [5.74, 6) is -1.36. The van der Waals surface area contributed by atoms with Crippen LogP contribution in [0.25, 0.3) is 0 Å². The quantitative estimate of drug-likeness (QED) is 0.261.